The number of nitrogen functional groups attached to an aromatic ring is 3. The first-order valence-corrected chi connectivity index (χ1v) is 41.0. The molecule has 27 atom stereocenters. The summed E-state index contributed by atoms with van der Waals surface area (Å²) in [6.07, 6.45) is -23.1. The lowest BCUT2D eigenvalue weighted by Gasteiger charge is -2.23. The minimum Gasteiger partial charge on any atom is -0.394 e. The van der Waals surface area contributed by atoms with E-state index in [2.05, 4.69) is 74.8 Å². The molecule has 654 valence electrons. The summed E-state index contributed by atoms with van der Waals surface area (Å²) >= 11 is 25.5. The van der Waals surface area contributed by atoms with Crippen LogP contribution in [0, 0.1) is 20.8 Å². The number of nitrogens with one attached hydrogen (secondary N) is 3. The minimum atomic E-state index is -5.15. The number of phosphoric acid groups is 3. The molecule has 6 aliphatic rings. The standard InChI is InChI=1S/2C19H23Cl2N8O10P.C19H23F2N8O10P/c1-6-25-14-11(15(32)26-6)23-4-28(14)17-10(21)13(7(2-30)37-17)39-40(34,35)36-3-8-12(31)9(20)16(38-8)29-5-24-18(22)27-19(29)33;1-6-25-14-11(15(32)26-6)23-4-28(14)16-9(20)12(31)8(38-16)3-36-40(34,35)39-13-7(2-30)37-17(10(13)21)29-5-24-18(22)27-19(29)33;1-6-25-14-11(15(32)26-6)23-4-28(14)17-10(21)13(7(2-30)37-17)39-40(34,35)36-3-8-12(31)9(20)16(38-8)29-5-24-18(22)27-19(29)33/h3*4-5,7-10,12-13,16-17,30-31H,2-3H2,1H3,(H,34,35)(H2,22,27,33)(H,25,26,32)/t3*7-,8-,9+,10+,12?,13?,16-,17-/m111/s1. The summed E-state index contributed by atoms with van der Waals surface area (Å²) in [5.41, 5.74) is 12.0. The molecule has 0 radical (unpaired) electrons. The number of nitrogens with two attached hydrogens (primary N) is 3. The van der Waals surface area contributed by atoms with E-state index < -0.39 is 241 Å². The molecule has 9 unspecified atom stereocenters. The molecule has 54 nitrogen and oxygen atoms in total. The molecule has 15 rings (SSSR count). The van der Waals surface area contributed by atoms with Gasteiger partial charge >= 0.3 is 40.5 Å². The highest BCUT2D eigenvalue weighted by Gasteiger charge is 2.55. The predicted octanol–water partition coefficient (Wildman–Crippen LogP) is -4.96. The predicted molar refractivity (Wildman–Crippen MR) is 394 cm³/mol. The third kappa shape index (κ3) is 18.5. The molecule has 6 aliphatic heterocycles. The van der Waals surface area contributed by atoms with E-state index in [1.54, 1.807) is 13.8 Å². The van der Waals surface area contributed by atoms with Crippen LogP contribution in [0.3, 0.4) is 0 Å². The number of H-pyrrole nitrogens is 3. The van der Waals surface area contributed by atoms with E-state index in [-0.39, 0.29) is 57.2 Å². The zero-order chi connectivity index (χ0) is 86.8. The van der Waals surface area contributed by atoms with E-state index in [0.29, 0.717) is 16.2 Å². The van der Waals surface area contributed by atoms with Crippen LogP contribution in [-0.4, -0.2) is 294 Å². The summed E-state index contributed by atoms with van der Waals surface area (Å²) in [4.78, 5) is 157. The van der Waals surface area contributed by atoms with Gasteiger partial charge in [0, 0.05) is 0 Å². The lowest BCUT2D eigenvalue weighted by Crippen LogP contribution is -2.35. The van der Waals surface area contributed by atoms with Gasteiger partial charge in [0.05, 0.1) is 58.6 Å². The van der Waals surface area contributed by atoms with E-state index in [4.69, 9.17) is 119 Å². The molecule has 0 amide bonds. The van der Waals surface area contributed by atoms with Gasteiger partial charge in [0.2, 0.25) is 17.8 Å². The first-order chi connectivity index (χ1) is 56.7. The van der Waals surface area contributed by atoms with Crippen molar-refractivity contribution in [3.8, 4) is 0 Å². The average Bonchev–Trinajstić information content (AvgIpc) is 1.60. The van der Waals surface area contributed by atoms with E-state index in [9.17, 15) is 92.2 Å². The number of phosphoric ester groups is 3. The molecule has 6 fully saturated rings. The lowest BCUT2D eigenvalue weighted by atomic mass is 10.1. The van der Waals surface area contributed by atoms with Crippen LogP contribution in [0.2, 0.25) is 0 Å². The fourth-order valence-electron chi connectivity index (χ4n) is 13.1. The SMILES string of the molecule is Cc1nc2c(ncn2[C@@H]2O[C@H](CO)C(OP(=O)(O)OC[C@H]3O[C@@H](n4cnc(N)nc4=O)[C@@H](Cl)C3O)[C@@H]2Cl)c(=O)[nH]1.Cc1nc2c(ncn2[C@@H]2O[C@H](CO)C(OP(=O)(O)OC[C@H]3O[C@@H](n4cnc(N)nc4=O)[C@@H](F)C3O)[C@@H]2F)c(=O)[nH]1.Cc1nc2c(ncn2[C@@H]2O[C@H](COP(=O)(O)OC3[C@@H](CO)O[C@@H](n4cnc(N)nc4=O)[C@H]3Cl)C(O)[C@@H]2Cl)c(=O)[nH]1. The fourth-order valence-corrected chi connectivity index (χ4v) is 17.6. The number of imidazole rings is 3. The quantitative estimate of drug-likeness (QED) is 0.0199. The van der Waals surface area contributed by atoms with Crippen molar-refractivity contribution in [1.29, 1.82) is 0 Å². The highest BCUT2D eigenvalue weighted by molar-refractivity contribution is 7.48. The van der Waals surface area contributed by atoms with Crippen LogP contribution in [0.1, 0.15) is 54.8 Å². The summed E-state index contributed by atoms with van der Waals surface area (Å²) < 4.78 is 138. The van der Waals surface area contributed by atoms with Crippen molar-refractivity contribution in [2.75, 3.05) is 56.8 Å². The van der Waals surface area contributed by atoms with Crippen molar-refractivity contribution in [3.05, 3.63) is 118 Å². The number of aryl methyl sites for hydroxylation is 3. The summed E-state index contributed by atoms with van der Waals surface area (Å²) in [6, 6.07) is 0. The molecule has 6 saturated heterocycles. The van der Waals surface area contributed by atoms with Crippen molar-refractivity contribution in [2.24, 2.45) is 0 Å². The van der Waals surface area contributed by atoms with E-state index in [1.807, 2.05) is 0 Å². The van der Waals surface area contributed by atoms with Gasteiger partial charge in [0.25, 0.3) is 16.7 Å². The van der Waals surface area contributed by atoms with Crippen LogP contribution in [0.5, 0.6) is 0 Å². The molecular weight excluding hydrogens is 1770 g/mol. The van der Waals surface area contributed by atoms with Gasteiger partial charge in [-0.1, -0.05) is 0 Å². The Labute approximate surface area is 683 Å². The second-order valence-electron chi connectivity index (χ2n) is 26.7. The number of aliphatic hydroxyl groups excluding tert-OH is 6. The summed E-state index contributed by atoms with van der Waals surface area (Å²) in [5, 5.41) is 55.8. The number of alkyl halides is 6. The number of halogens is 6. The minimum absolute atomic E-state index is 0.0120. The maximum Gasteiger partial charge on any atom is 0.472 e. The highest BCUT2D eigenvalue weighted by Crippen LogP contribution is 2.54. The largest absolute Gasteiger partial charge is 0.472 e. The van der Waals surface area contributed by atoms with E-state index in [1.165, 1.54) is 28.7 Å². The summed E-state index contributed by atoms with van der Waals surface area (Å²) in [5.74, 6) is -0.121. The first kappa shape index (κ1) is 89.5. The Morgan fingerprint density at radius 1 is 0.400 bits per heavy atom. The van der Waals surface area contributed by atoms with Crippen molar-refractivity contribution in [3.63, 3.8) is 0 Å². The number of nitrogens with zero attached hydrogens (tertiary/aromatic N) is 18. The van der Waals surface area contributed by atoms with E-state index in [0.717, 1.165) is 39.0 Å². The highest BCUT2D eigenvalue weighted by atomic mass is 35.5. The van der Waals surface area contributed by atoms with Crippen LogP contribution in [0.4, 0.5) is 26.6 Å². The van der Waals surface area contributed by atoms with E-state index >= 15 is 4.39 Å². The third-order valence-corrected chi connectivity index (χ3v) is 23.6. The maximum absolute atomic E-state index is 15.5. The van der Waals surface area contributed by atoms with Gasteiger partial charge in [0.15, 0.2) is 83.2 Å². The average molecular weight is 1840 g/mol. The molecule has 0 saturated carbocycles. The molecule has 15 heterocycles. The normalized spacial score (nSPS) is 32.0. The summed E-state index contributed by atoms with van der Waals surface area (Å²) in [6.45, 7) is 0.173. The second-order valence-corrected chi connectivity index (χ2v) is 33.0. The van der Waals surface area contributed by atoms with Gasteiger partial charge < -0.3 is 106 Å². The molecule has 120 heavy (non-hydrogen) atoms. The van der Waals surface area contributed by atoms with Crippen molar-refractivity contribution in [2.45, 2.75) is 165 Å². The van der Waals surface area contributed by atoms with Crippen LogP contribution >= 0.6 is 69.9 Å². The second kappa shape index (κ2) is 35.9. The van der Waals surface area contributed by atoms with Crippen LogP contribution in [-0.2, 0) is 69.3 Å². The number of aromatic amines is 3. The molecule has 0 bridgehead atoms. The molecule has 0 aliphatic carbocycles. The lowest BCUT2D eigenvalue weighted by molar-refractivity contribution is -0.0582. The smallest absolute Gasteiger partial charge is 0.394 e. The molecule has 63 heteroatoms. The van der Waals surface area contributed by atoms with Crippen LogP contribution in [0.15, 0.2) is 66.7 Å². The molecular formula is C57H69Cl4F2N24O30P3. The number of fused-ring (bicyclic) bond motifs is 3. The number of aromatic nitrogens is 21. The van der Waals surface area contributed by atoms with Gasteiger partial charge in [-0.25, -0.2) is 81.7 Å². The Bertz CT molecular complexity index is 5580. The number of hydrogen-bond acceptors (Lipinski definition) is 42. The Morgan fingerprint density at radius 2 is 0.667 bits per heavy atom. The Morgan fingerprint density at radius 3 is 1.02 bits per heavy atom. The van der Waals surface area contributed by atoms with Gasteiger partial charge in [-0.3, -0.25) is 68.9 Å². The number of rotatable bonds is 24. The molecule has 0 spiro atoms. The van der Waals surface area contributed by atoms with Gasteiger partial charge in [-0.15, -0.1) is 46.4 Å². The Kier molecular flexibility index (Phi) is 26.8. The molecule has 18 N–H and O–H groups in total. The topological polar surface area (TPSA) is 756 Å². The zero-order valence-electron chi connectivity index (χ0n) is 61.1. The molecule has 9 aromatic rings. The summed E-state index contributed by atoms with van der Waals surface area (Å²) in [7, 11) is -15.0. The Hall–Kier alpha value is -8.25. The monoisotopic (exact) mass is 1840 g/mol. The molecule has 9 aromatic heterocycles. The fraction of sp³-hybridized carbons (Fsp3) is 0.579. The van der Waals surface area contributed by atoms with Gasteiger partial charge in [-0.05, 0) is 20.8 Å². The molecule has 0 aromatic carbocycles. The van der Waals surface area contributed by atoms with Crippen LogP contribution in [0.25, 0.3) is 33.5 Å². The zero-order valence-corrected chi connectivity index (χ0v) is 66.8. The van der Waals surface area contributed by atoms with Crippen molar-refractivity contribution in [1.82, 2.24) is 102 Å². The van der Waals surface area contributed by atoms with Crippen molar-refractivity contribution >= 4 is 121 Å². The number of ether oxygens (including phenoxy) is 6. The third-order valence-electron chi connectivity index (χ3n) is 18.7. The number of anilines is 3. The maximum atomic E-state index is 15.5. The van der Waals surface area contributed by atoms with Crippen molar-refractivity contribution < 1.29 is 123 Å². The van der Waals surface area contributed by atoms with Gasteiger partial charge in [0.1, 0.15) is 131 Å². The number of aliphatic hydroxyl groups is 6. The Balaban J connectivity index is 0.000000156. The first-order valence-electron chi connectivity index (χ1n) is 34.7. The van der Waals surface area contributed by atoms with Crippen LogP contribution < -0.4 is 50.9 Å². The van der Waals surface area contributed by atoms with Gasteiger partial charge in [-0.2, -0.15) is 15.0 Å². The number of hydrogen-bond donors (Lipinski definition) is 15.